The first-order valence-electron chi connectivity index (χ1n) is 5.92. The number of aliphatic hydroxyl groups excluding tert-OH is 1. The first-order valence-corrected chi connectivity index (χ1v) is 5.92. The van der Waals surface area contributed by atoms with Crippen LogP contribution in [0.25, 0.3) is 0 Å². The molecule has 4 heteroatoms. The van der Waals surface area contributed by atoms with E-state index in [2.05, 4.69) is 17.6 Å². The predicted octanol–water partition coefficient (Wildman–Crippen LogP) is 0.263. The largest absolute Gasteiger partial charge is 0.391 e. The Morgan fingerprint density at radius 1 is 1.40 bits per heavy atom. The van der Waals surface area contributed by atoms with Gasteiger partial charge in [0.05, 0.1) is 12.0 Å². The summed E-state index contributed by atoms with van der Waals surface area (Å²) in [4.78, 5) is 11.6. The van der Waals surface area contributed by atoms with Crippen molar-refractivity contribution < 1.29 is 9.90 Å². The molecule has 88 valence electrons. The van der Waals surface area contributed by atoms with Gasteiger partial charge in [0.2, 0.25) is 5.91 Å². The van der Waals surface area contributed by atoms with Crippen molar-refractivity contribution in [3.8, 4) is 0 Å². The minimum Gasteiger partial charge on any atom is -0.391 e. The monoisotopic (exact) mass is 214 g/mol. The van der Waals surface area contributed by atoms with Crippen LogP contribution in [0, 0.1) is 5.92 Å². The molecule has 0 aromatic heterocycles. The average molecular weight is 214 g/mol. The zero-order chi connectivity index (χ0) is 11.1. The maximum atomic E-state index is 11.6. The topological polar surface area (TPSA) is 61.4 Å². The molecule has 0 radical (unpaired) electrons. The lowest BCUT2D eigenvalue weighted by Crippen LogP contribution is -2.37. The Morgan fingerprint density at radius 2 is 2.20 bits per heavy atom. The normalized spacial score (nSPS) is 25.5. The third kappa shape index (κ3) is 4.18. The Bertz CT molecular complexity index is 197. The summed E-state index contributed by atoms with van der Waals surface area (Å²) in [6.07, 6.45) is 4.13. The third-order valence-electron chi connectivity index (χ3n) is 2.85. The van der Waals surface area contributed by atoms with E-state index in [1.54, 1.807) is 0 Å². The Kier molecular flexibility index (Phi) is 5.65. The fourth-order valence-corrected chi connectivity index (χ4v) is 1.83. The molecule has 3 N–H and O–H groups in total. The van der Waals surface area contributed by atoms with Gasteiger partial charge in [0.15, 0.2) is 0 Å². The van der Waals surface area contributed by atoms with Crippen LogP contribution in [-0.2, 0) is 4.79 Å². The summed E-state index contributed by atoms with van der Waals surface area (Å²) in [7, 11) is 0. The first kappa shape index (κ1) is 12.5. The van der Waals surface area contributed by atoms with Gasteiger partial charge >= 0.3 is 0 Å². The highest BCUT2D eigenvalue weighted by Gasteiger charge is 2.30. The van der Waals surface area contributed by atoms with Crippen LogP contribution in [0.4, 0.5) is 0 Å². The maximum Gasteiger partial charge on any atom is 0.227 e. The number of β-amino-alcohol motifs (C(OH)–C–C–N with tert-alkyl or cyclic N) is 1. The molecule has 1 aliphatic rings. The summed E-state index contributed by atoms with van der Waals surface area (Å²) in [5.74, 6) is -0.264. The molecule has 0 saturated carbocycles. The van der Waals surface area contributed by atoms with E-state index in [9.17, 15) is 9.90 Å². The lowest BCUT2D eigenvalue weighted by Gasteiger charge is -2.13. The van der Waals surface area contributed by atoms with Gasteiger partial charge in [-0.3, -0.25) is 4.79 Å². The Labute approximate surface area is 91.4 Å². The number of rotatable bonds is 6. The van der Waals surface area contributed by atoms with E-state index in [0.29, 0.717) is 13.1 Å². The summed E-state index contributed by atoms with van der Waals surface area (Å²) >= 11 is 0. The van der Waals surface area contributed by atoms with Crippen LogP contribution in [0.1, 0.15) is 32.6 Å². The highest BCUT2D eigenvalue weighted by atomic mass is 16.3. The van der Waals surface area contributed by atoms with Crippen molar-refractivity contribution in [2.75, 3.05) is 19.6 Å². The van der Waals surface area contributed by atoms with Gasteiger partial charge in [0.25, 0.3) is 0 Å². The fourth-order valence-electron chi connectivity index (χ4n) is 1.83. The molecule has 0 bridgehead atoms. The van der Waals surface area contributed by atoms with Gasteiger partial charge in [-0.2, -0.15) is 0 Å². The molecule has 0 spiro atoms. The molecule has 0 aliphatic carbocycles. The standard InChI is InChI=1S/C11H22N2O2/c1-2-3-4-5-6-13-11(15)9-7-12-8-10(9)14/h9-10,12,14H,2-8H2,1H3,(H,13,15)/t9-,10-/m1/s1. The van der Waals surface area contributed by atoms with E-state index in [4.69, 9.17) is 0 Å². The highest BCUT2D eigenvalue weighted by molar-refractivity contribution is 5.79. The lowest BCUT2D eigenvalue weighted by molar-refractivity contribution is -0.126. The van der Waals surface area contributed by atoms with Gasteiger partial charge in [0.1, 0.15) is 0 Å². The van der Waals surface area contributed by atoms with Gasteiger partial charge in [-0.1, -0.05) is 26.2 Å². The molecule has 1 saturated heterocycles. The molecule has 0 unspecified atom stereocenters. The van der Waals surface area contributed by atoms with Gasteiger partial charge < -0.3 is 15.7 Å². The van der Waals surface area contributed by atoms with Crippen LogP contribution in [0.2, 0.25) is 0 Å². The number of carbonyl (C=O) groups excluding carboxylic acids is 1. The fraction of sp³-hybridized carbons (Fsp3) is 0.909. The summed E-state index contributed by atoms with van der Waals surface area (Å²) < 4.78 is 0. The Morgan fingerprint density at radius 3 is 2.80 bits per heavy atom. The molecule has 1 rings (SSSR count). The Hall–Kier alpha value is -0.610. The second kappa shape index (κ2) is 6.80. The van der Waals surface area contributed by atoms with Gasteiger partial charge in [-0.15, -0.1) is 0 Å². The van der Waals surface area contributed by atoms with E-state index in [1.165, 1.54) is 19.3 Å². The van der Waals surface area contributed by atoms with E-state index in [1.807, 2.05) is 0 Å². The molecule has 1 heterocycles. The molecule has 1 amide bonds. The van der Waals surface area contributed by atoms with Crippen LogP contribution in [0.15, 0.2) is 0 Å². The summed E-state index contributed by atoms with van der Waals surface area (Å²) in [6.45, 7) is 4.04. The zero-order valence-corrected chi connectivity index (χ0v) is 9.46. The molecular formula is C11H22N2O2. The minimum atomic E-state index is -0.513. The number of amides is 1. The molecule has 2 atom stereocenters. The second-order valence-corrected chi connectivity index (χ2v) is 4.18. The number of unbranched alkanes of at least 4 members (excludes halogenated alkanes) is 3. The molecule has 4 nitrogen and oxygen atoms in total. The van der Waals surface area contributed by atoms with Crippen LogP contribution in [0.3, 0.4) is 0 Å². The first-order chi connectivity index (χ1) is 7.25. The SMILES string of the molecule is CCCCCCNC(=O)[C@@H]1CNC[C@H]1O. The number of nitrogens with one attached hydrogen (secondary N) is 2. The Balaban J connectivity index is 2.08. The van der Waals surface area contributed by atoms with E-state index in [-0.39, 0.29) is 11.8 Å². The van der Waals surface area contributed by atoms with E-state index in [0.717, 1.165) is 13.0 Å². The summed E-state index contributed by atoms with van der Waals surface area (Å²) in [6, 6.07) is 0. The third-order valence-corrected chi connectivity index (χ3v) is 2.85. The smallest absolute Gasteiger partial charge is 0.227 e. The minimum absolute atomic E-state index is 0.0102. The van der Waals surface area contributed by atoms with Crippen LogP contribution in [-0.4, -0.2) is 36.8 Å². The maximum absolute atomic E-state index is 11.6. The van der Waals surface area contributed by atoms with Gasteiger partial charge in [0, 0.05) is 19.6 Å². The lowest BCUT2D eigenvalue weighted by atomic mass is 10.1. The molecule has 1 fully saturated rings. The second-order valence-electron chi connectivity index (χ2n) is 4.18. The number of hydrogen-bond acceptors (Lipinski definition) is 3. The van der Waals surface area contributed by atoms with E-state index < -0.39 is 6.10 Å². The van der Waals surface area contributed by atoms with Crippen LogP contribution < -0.4 is 10.6 Å². The van der Waals surface area contributed by atoms with Crippen molar-refractivity contribution in [2.24, 2.45) is 5.92 Å². The molecule has 0 aromatic carbocycles. The molecule has 15 heavy (non-hydrogen) atoms. The number of carbonyl (C=O) groups is 1. The summed E-state index contributed by atoms with van der Waals surface area (Å²) in [5, 5.41) is 15.4. The van der Waals surface area contributed by atoms with E-state index >= 15 is 0 Å². The molecule has 0 aromatic rings. The van der Waals surface area contributed by atoms with Crippen molar-refractivity contribution in [1.82, 2.24) is 10.6 Å². The van der Waals surface area contributed by atoms with Crippen molar-refractivity contribution in [1.29, 1.82) is 0 Å². The molecular weight excluding hydrogens is 192 g/mol. The van der Waals surface area contributed by atoms with Crippen LogP contribution >= 0.6 is 0 Å². The zero-order valence-electron chi connectivity index (χ0n) is 9.46. The van der Waals surface area contributed by atoms with Crippen molar-refractivity contribution in [3.63, 3.8) is 0 Å². The number of aliphatic hydroxyl groups is 1. The number of hydrogen-bond donors (Lipinski definition) is 3. The highest BCUT2D eigenvalue weighted by Crippen LogP contribution is 2.08. The van der Waals surface area contributed by atoms with Crippen molar-refractivity contribution in [2.45, 2.75) is 38.7 Å². The van der Waals surface area contributed by atoms with Gasteiger partial charge in [-0.25, -0.2) is 0 Å². The predicted molar refractivity (Wildman–Crippen MR) is 59.5 cm³/mol. The average Bonchev–Trinajstić information content (AvgIpc) is 2.64. The summed E-state index contributed by atoms with van der Waals surface area (Å²) in [5.41, 5.74) is 0. The van der Waals surface area contributed by atoms with Crippen molar-refractivity contribution in [3.05, 3.63) is 0 Å². The van der Waals surface area contributed by atoms with Crippen molar-refractivity contribution >= 4 is 5.91 Å². The quantitative estimate of drug-likeness (QED) is 0.556. The van der Waals surface area contributed by atoms with Crippen LogP contribution in [0.5, 0.6) is 0 Å². The molecule has 1 aliphatic heterocycles. The van der Waals surface area contributed by atoms with Gasteiger partial charge in [-0.05, 0) is 6.42 Å².